The van der Waals surface area contributed by atoms with Crippen molar-refractivity contribution in [1.29, 1.82) is 0 Å². The molecule has 4 rings (SSSR count). The molecule has 1 aliphatic heterocycles. The van der Waals surface area contributed by atoms with Crippen LogP contribution in [0.4, 0.5) is 8.78 Å². The van der Waals surface area contributed by atoms with Crippen LogP contribution < -0.4 is 14.8 Å². The van der Waals surface area contributed by atoms with Crippen LogP contribution in [0, 0.1) is 23.8 Å². The first kappa shape index (κ1) is 18.9. The van der Waals surface area contributed by atoms with Crippen molar-refractivity contribution in [3.63, 3.8) is 0 Å². The fourth-order valence-corrected chi connectivity index (χ4v) is 3.34. The molecule has 2 heterocycles. The van der Waals surface area contributed by atoms with E-state index in [1.807, 2.05) is 0 Å². The summed E-state index contributed by atoms with van der Waals surface area (Å²) in [6, 6.07) is 10.9. The van der Waals surface area contributed by atoms with Crippen LogP contribution in [0.2, 0.25) is 0 Å². The van der Waals surface area contributed by atoms with Gasteiger partial charge in [-0.25, -0.2) is 8.78 Å². The van der Waals surface area contributed by atoms with Crippen LogP contribution in [0.25, 0.3) is 11.1 Å². The Labute approximate surface area is 166 Å². The zero-order valence-electron chi connectivity index (χ0n) is 15.6. The Morgan fingerprint density at radius 1 is 1.21 bits per heavy atom. The van der Waals surface area contributed by atoms with Crippen LogP contribution in [0.1, 0.15) is 21.5 Å². The molecule has 0 saturated heterocycles. The molecule has 5 nitrogen and oxygen atoms in total. The lowest BCUT2D eigenvalue weighted by Crippen LogP contribution is -2.36. The van der Waals surface area contributed by atoms with Gasteiger partial charge in [-0.05, 0) is 47.9 Å². The maximum absolute atomic E-state index is 14.6. The molecule has 29 heavy (non-hydrogen) atoms. The smallest absolute Gasteiger partial charge is 0.257 e. The molecule has 2 aromatic carbocycles. The van der Waals surface area contributed by atoms with Crippen molar-refractivity contribution in [2.75, 3.05) is 6.54 Å². The van der Waals surface area contributed by atoms with E-state index in [2.05, 4.69) is 5.32 Å². The predicted octanol–water partition coefficient (Wildman–Crippen LogP) is 3.31. The van der Waals surface area contributed by atoms with E-state index < -0.39 is 17.8 Å². The number of rotatable bonds is 4. The SMILES string of the molecule is Cc1ccc(-c2cc(F)c3c(c2)C[C@@H](CNC(=O)c2ccc[n+]([O-])c2)O3)cc1F. The zero-order valence-corrected chi connectivity index (χ0v) is 15.6. The minimum Gasteiger partial charge on any atom is -0.619 e. The van der Waals surface area contributed by atoms with Crippen molar-refractivity contribution < 1.29 is 23.0 Å². The Morgan fingerprint density at radius 2 is 2.00 bits per heavy atom. The molecular weight excluding hydrogens is 378 g/mol. The predicted molar refractivity (Wildman–Crippen MR) is 102 cm³/mol. The van der Waals surface area contributed by atoms with Crippen molar-refractivity contribution in [3.8, 4) is 16.9 Å². The summed E-state index contributed by atoms with van der Waals surface area (Å²) in [7, 11) is 0. The molecule has 0 unspecified atom stereocenters. The number of benzene rings is 2. The van der Waals surface area contributed by atoms with Crippen LogP contribution in [-0.2, 0) is 6.42 Å². The first-order valence-electron chi connectivity index (χ1n) is 9.13. The summed E-state index contributed by atoms with van der Waals surface area (Å²) in [6.07, 6.45) is 2.43. The summed E-state index contributed by atoms with van der Waals surface area (Å²) >= 11 is 0. The number of pyridine rings is 1. The molecule has 0 radical (unpaired) electrons. The number of carbonyl (C=O) groups is 1. The lowest BCUT2D eigenvalue weighted by Gasteiger charge is -2.12. The summed E-state index contributed by atoms with van der Waals surface area (Å²) in [5, 5.41) is 14.0. The highest BCUT2D eigenvalue weighted by molar-refractivity contribution is 5.93. The lowest BCUT2D eigenvalue weighted by atomic mass is 9.99. The Hall–Kier alpha value is -3.48. The number of nitrogens with zero attached hydrogens (tertiary/aromatic N) is 1. The molecule has 1 amide bonds. The highest BCUT2D eigenvalue weighted by Gasteiger charge is 2.27. The maximum atomic E-state index is 14.6. The van der Waals surface area contributed by atoms with Crippen molar-refractivity contribution >= 4 is 5.91 Å². The minimum atomic E-state index is -0.525. The molecule has 1 aliphatic rings. The third-order valence-corrected chi connectivity index (χ3v) is 4.89. The van der Waals surface area contributed by atoms with Gasteiger partial charge in [-0.2, -0.15) is 4.73 Å². The number of amides is 1. The largest absolute Gasteiger partial charge is 0.619 e. The molecule has 0 bridgehead atoms. The van der Waals surface area contributed by atoms with E-state index in [0.717, 1.165) is 0 Å². The second-order valence-corrected chi connectivity index (χ2v) is 7.02. The summed E-state index contributed by atoms with van der Waals surface area (Å²) in [5.74, 6) is -1.13. The number of nitrogens with one attached hydrogen (secondary N) is 1. The van der Waals surface area contributed by atoms with Gasteiger partial charge in [0, 0.05) is 18.1 Å². The number of fused-ring (bicyclic) bond motifs is 1. The molecular formula is C22H18F2N2O3. The Morgan fingerprint density at radius 3 is 2.76 bits per heavy atom. The van der Waals surface area contributed by atoms with Gasteiger partial charge >= 0.3 is 0 Å². The molecule has 0 saturated carbocycles. The fourth-order valence-electron chi connectivity index (χ4n) is 3.34. The summed E-state index contributed by atoms with van der Waals surface area (Å²) in [4.78, 5) is 12.2. The minimum absolute atomic E-state index is 0.151. The monoisotopic (exact) mass is 396 g/mol. The fraction of sp³-hybridized carbons (Fsp3) is 0.182. The molecule has 7 heteroatoms. The molecule has 0 fully saturated rings. The van der Waals surface area contributed by atoms with E-state index in [1.54, 1.807) is 25.1 Å². The van der Waals surface area contributed by atoms with Gasteiger partial charge in [0.15, 0.2) is 24.0 Å². The molecule has 1 aromatic heterocycles. The van der Waals surface area contributed by atoms with Gasteiger partial charge in [-0.15, -0.1) is 0 Å². The number of ether oxygens (including phenoxy) is 1. The van der Waals surface area contributed by atoms with Gasteiger partial charge in [0.05, 0.1) is 6.54 Å². The van der Waals surface area contributed by atoms with Crippen LogP contribution in [0.15, 0.2) is 54.9 Å². The number of aromatic nitrogens is 1. The van der Waals surface area contributed by atoms with Crippen LogP contribution in [-0.4, -0.2) is 18.6 Å². The molecule has 1 N–H and O–H groups in total. The quantitative estimate of drug-likeness (QED) is 0.544. The second kappa shape index (κ2) is 7.50. The van der Waals surface area contributed by atoms with Gasteiger partial charge in [0.2, 0.25) is 0 Å². The second-order valence-electron chi connectivity index (χ2n) is 7.02. The number of halogens is 2. The van der Waals surface area contributed by atoms with Gasteiger partial charge < -0.3 is 15.3 Å². The Bertz CT molecular complexity index is 1100. The van der Waals surface area contributed by atoms with Crippen molar-refractivity contribution in [3.05, 3.63) is 88.4 Å². The van der Waals surface area contributed by atoms with E-state index in [1.165, 1.54) is 36.7 Å². The third-order valence-electron chi connectivity index (χ3n) is 4.89. The van der Waals surface area contributed by atoms with E-state index in [4.69, 9.17) is 4.74 Å². The van der Waals surface area contributed by atoms with Crippen LogP contribution >= 0.6 is 0 Å². The topological polar surface area (TPSA) is 65.3 Å². The number of carbonyl (C=O) groups excluding carboxylic acids is 1. The molecule has 1 atom stereocenters. The highest BCUT2D eigenvalue weighted by atomic mass is 19.1. The van der Waals surface area contributed by atoms with Crippen molar-refractivity contribution in [2.24, 2.45) is 0 Å². The van der Waals surface area contributed by atoms with Crippen LogP contribution in [0.3, 0.4) is 0 Å². The summed E-state index contributed by atoms with van der Waals surface area (Å²) in [5.41, 5.74) is 2.57. The maximum Gasteiger partial charge on any atom is 0.257 e. The Kier molecular flexibility index (Phi) is 4.88. The van der Waals surface area contributed by atoms with Crippen molar-refractivity contribution in [2.45, 2.75) is 19.4 Å². The van der Waals surface area contributed by atoms with Gasteiger partial charge in [0.1, 0.15) is 17.5 Å². The first-order valence-corrected chi connectivity index (χ1v) is 9.13. The zero-order chi connectivity index (χ0) is 20.5. The Balaban J connectivity index is 1.47. The first-order chi connectivity index (χ1) is 13.9. The van der Waals surface area contributed by atoms with E-state index in [0.29, 0.717) is 33.4 Å². The standard InChI is InChI=1S/C22H18F2N2O3/c1-13-4-5-14(9-19(13)23)16-7-17-8-18(29-21(17)20(24)10-16)11-25-22(27)15-3-2-6-26(28)12-15/h2-7,9-10,12,18H,8,11H2,1H3,(H,25,27)/t18-/m0/s1. The number of aryl methyl sites for hydroxylation is 1. The summed E-state index contributed by atoms with van der Waals surface area (Å²) < 4.78 is 34.6. The normalized spacial score (nSPS) is 14.9. The molecule has 148 valence electrons. The van der Waals surface area contributed by atoms with E-state index >= 15 is 0 Å². The van der Waals surface area contributed by atoms with E-state index in [-0.39, 0.29) is 23.7 Å². The third kappa shape index (κ3) is 3.89. The number of hydrogen-bond acceptors (Lipinski definition) is 3. The molecule has 0 aliphatic carbocycles. The van der Waals surface area contributed by atoms with Gasteiger partial charge in [-0.3, -0.25) is 4.79 Å². The van der Waals surface area contributed by atoms with E-state index in [9.17, 15) is 18.8 Å². The van der Waals surface area contributed by atoms with Crippen molar-refractivity contribution in [1.82, 2.24) is 5.32 Å². The molecule has 0 spiro atoms. The average molecular weight is 396 g/mol. The van der Waals surface area contributed by atoms with Gasteiger partial charge in [-0.1, -0.05) is 12.1 Å². The number of hydrogen-bond donors (Lipinski definition) is 1. The summed E-state index contributed by atoms with van der Waals surface area (Å²) in [6.45, 7) is 1.83. The van der Waals surface area contributed by atoms with Gasteiger partial charge in [0.25, 0.3) is 5.91 Å². The highest BCUT2D eigenvalue weighted by Crippen LogP contribution is 2.36. The van der Waals surface area contributed by atoms with Crippen LogP contribution in [0.5, 0.6) is 5.75 Å². The lowest BCUT2D eigenvalue weighted by molar-refractivity contribution is -0.605. The molecule has 3 aromatic rings. The average Bonchev–Trinajstić information content (AvgIpc) is 3.12.